The van der Waals surface area contributed by atoms with Gasteiger partial charge in [0.15, 0.2) is 5.69 Å². The van der Waals surface area contributed by atoms with Crippen molar-refractivity contribution in [2.24, 2.45) is 0 Å². The molecule has 0 unspecified atom stereocenters. The van der Waals surface area contributed by atoms with Crippen LogP contribution in [-0.2, 0) is 13.0 Å². The van der Waals surface area contributed by atoms with E-state index < -0.39 is 0 Å². The lowest BCUT2D eigenvalue weighted by molar-refractivity contribution is 0.0946. The number of aromatic amines is 1. The first-order valence-corrected chi connectivity index (χ1v) is 11.5. The van der Waals surface area contributed by atoms with Crippen molar-refractivity contribution in [2.45, 2.75) is 25.8 Å². The van der Waals surface area contributed by atoms with Gasteiger partial charge in [-0.25, -0.2) is 9.97 Å². The Morgan fingerprint density at radius 1 is 1.27 bits per heavy atom. The standard InChI is InChI=1S/C20H25N7O2S/c28-20(22-6-10-30-13-26-7-1-2-8-26)17-15-11-27(9-4-16(15)29-25-17)19-14-3-5-21-18(14)23-12-24-19/h3,5,12H,1-2,4,6-11,13H2,(H,22,28)(H,21,23,24). The topological polar surface area (TPSA) is 103 Å². The lowest BCUT2D eigenvalue weighted by Crippen LogP contribution is -2.33. The van der Waals surface area contributed by atoms with E-state index in [0.29, 0.717) is 25.2 Å². The van der Waals surface area contributed by atoms with E-state index in [-0.39, 0.29) is 5.91 Å². The molecule has 3 aromatic heterocycles. The van der Waals surface area contributed by atoms with Gasteiger partial charge in [0.2, 0.25) is 0 Å². The van der Waals surface area contributed by atoms with Gasteiger partial charge in [-0.05, 0) is 32.0 Å². The van der Waals surface area contributed by atoms with E-state index in [4.69, 9.17) is 4.52 Å². The number of thioether (sulfide) groups is 1. The molecule has 10 heteroatoms. The van der Waals surface area contributed by atoms with E-state index in [1.54, 1.807) is 6.33 Å². The summed E-state index contributed by atoms with van der Waals surface area (Å²) in [6.45, 7) is 4.32. The third-order valence-electron chi connectivity index (χ3n) is 5.68. The maximum atomic E-state index is 12.7. The molecular formula is C20H25N7O2S. The third kappa shape index (κ3) is 3.89. The van der Waals surface area contributed by atoms with E-state index in [1.807, 2.05) is 24.0 Å². The van der Waals surface area contributed by atoms with Crippen molar-refractivity contribution in [1.29, 1.82) is 0 Å². The average Bonchev–Trinajstić information content (AvgIpc) is 3.52. The summed E-state index contributed by atoms with van der Waals surface area (Å²) in [5, 5.41) is 8.03. The van der Waals surface area contributed by atoms with E-state index in [9.17, 15) is 4.79 Å². The van der Waals surface area contributed by atoms with Crippen molar-refractivity contribution >= 4 is 34.5 Å². The third-order valence-corrected chi connectivity index (χ3v) is 6.72. The van der Waals surface area contributed by atoms with Crippen molar-refractivity contribution in [3.05, 3.63) is 35.6 Å². The maximum Gasteiger partial charge on any atom is 0.273 e. The molecule has 30 heavy (non-hydrogen) atoms. The normalized spacial score (nSPS) is 16.9. The molecule has 0 aromatic carbocycles. The predicted molar refractivity (Wildman–Crippen MR) is 116 cm³/mol. The summed E-state index contributed by atoms with van der Waals surface area (Å²) < 4.78 is 5.47. The summed E-state index contributed by atoms with van der Waals surface area (Å²) in [5.41, 5.74) is 2.05. The zero-order chi connectivity index (χ0) is 20.3. The Kier molecular flexibility index (Phi) is 5.58. The zero-order valence-electron chi connectivity index (χ0n) is 16.8. The number of fused-ring (bicyclic) bond motifs is 2. The summed E-state index contributed by atoms with van der Waals surface area (Å²) in [6.07, 6.45) is 6.71. The SMILES string of the molecule is O=C(NCCSCN1CCCC1)c1noc2c1CN(c1ncnc3[nH]ccc13)CC2. The molecular weight excluding hydrogens is 402 g/mol. The number of amides is 1. The van der Waals surface area contributed by atoms with Gasteiger partial charge >= 0.3 is 0 Å². The molecule has 2 aliphatic heterocycles. The molecule has 0 radical (unpaired) electrons. The van der Waals surface area contributed by atoms with Gasteiger partial charge in [-0.2, -0.15) is 0 Å². The predicted octanol–water partition coefficient (Wildman–Crippen LogP) is 2.02. The van der Waals surface area contributed by atoms with Crippen LogP contribution in [0.25, 0.3) is 11.0 Å². The Morgan fingerprint density at radius 3 is 3.07 bits per heavy atom. The highest BCUT2D eigenvalue weighted by Gasteiger charge is 2.29. The fraction of sp³-hybridized carbons (Fsp3) is 0.500. The molecule has 2 N–H and O–H groups in total. The zero-order valence-corrected chi connectivity index (χ0v) is 17.6. The first-order chi connectivity index (χ1) is 14.8. The molecule has 0 aliphatic carbocycles. The van der Waals surface area contributed by atoms with Crippen LogP contribution < -0.4 is 10.2 Å². The number of carbonyl (C=O) groups excluding carboxylic acids is 1. The van der Waals surface area contributed by atoms with Crippen molar-refractivity contribution < 1.29 is 9.32 Å². The van der Waals surface area contributed by atoms with Crippen molar-refractivity contribution in [3.63, 3.8) is 0 Å². The number of likely N-dealkylation sites (tertiary alicyclic amines) is 1. The smallest absolute Gasteiger partial charge is 0.273 e. The average molecular weight is 428 g/mol. The van der Waals surface area contributed by atoms with Crippen LogP contribution in [-0.4, -0.2) is 68.7 Å². The van der Waals surface area contributed by atoms with Crippen LogP contribution in [0, 0.1) is 0 Å². The van der Waals surface area contributed by atoms with E-state index >= 15 is 0 Å². The highest BCUT2D eigenvalue weighted by Crippen LogP contribution is 2.29. The van der Waals surface area contributed by atoms with Crippen molar-refractivity contribution in [2.75, 3.05) is 42.7 Å². The van der Waals surface area contributed by atoms with Gasteiger partial charge in [-0.1, -0.05) is 5.16 Å². The largest absolute Gasteiger partial charge is 0.360 e. The Morgan fingerprint density at radius 2 is 2.17 bits per heavy atom. The van der Waals surface area contributed by atoms with Crippen molar-refractivity contribution in [1.82, 2.24) is 30.3 Å². The maximum absolute atomic E-state index is 12.7. The van der Waals surface area contributed by atoms with Gasteiger partial charge in [0.25, 0.3) is 5.91 Å². The summed E-state index contributed by atoms with van der Waals surface area (Å²) in [4.78, 5) is 29.2. The molecule has 0 saturated carbocycles. The van der Waals surface area contributed by atoms with Gasteiger partial charge in [-0.15, -0.1) is 11.8 Å². The van der Waals surface area contributed by atoms with Gasteiger partial charge in [0.05, 0.1) is 11.9 Å². The summed E-state index contributed by atoms with van der Waals surface area (Å²) in [5.74, 6) is 3.41. The van der Waals surface area contributed by atoms with E-state index in [2.05, 4.69) is 35.2 Å². The molecule has 0 bridgehead atoms. The van der Waals surface area contributed by atoms with Gasteiger partial charge in [-0.3, -0.25) is 9.69 Å². The monoisotopic (exact) mass is 427 g/mol. The molecule has 0 spiro atoms. The van der Waals surface area contributed by atoms with Gasteiger partial charge in [0.1, 0.15) is 23.6 Å². The Labute approximate surface area is 178 Å². The van der Waals surface area contributed by atoms with E-state index in [0.717, 1.165) is 46.3 Å². The Hall–Kier alpha value is -2.59. The minimum absolute atomic E-state index is 0.168. The molecule has 5 rings (SSSR count). The minimum Gasteiger partial charge on any atom is -0.360 e. The number of hydrogen-bond donors (Lipinski definition) is 2. The van der Waals surface area contributed by atoms with Crippen LogP contribution in [0.1, 0.15) is 34.7 Å². The van der Waals surface area contributed by atoms with Crippen LogP contribution >= 0.6 is 11.8 Å². The highest BCUT2D eigenvalue weighted by molar-refractivity contribution is 7.99. The lowest BCUT2D eigenvalue weighted by Gasteiger charge is -2.27. The molecule has 1 fully saturated rings. The van der Waals surface area contributed by atoms with Crippen LogP contribution in [0.4, 0.5) is 5.82 Å². The fourth-order valence-corrected chi connectivity index (χ4v) is 5.00. The number of aromatic nitrogens is 4. The second-order valence-corrected chi connectivity index (χ2v) is 8.73. The molecule has 3 aromatic rings. The minimum atomic E-state index is -0.168. The number of carbonyl (C=O) groups is 1. The molecule has 1 saturated heterocycles. The Bertz CT molecular complexity index is 1030. The number of nitrogens with zero attached hydrogens (tertiary/aromatic N) is 5. The van der Waals surface area contributed by atoms with Crippen LogP contribution in [0.15, 0.2) is 23.1 Å². The number of H-pyrrole nitrogens is 1. The summed E-state index contributed by atoms with van der Waals surface area (Å²) >= 11 is 1.86. The van der Waals surface area contributed by atoms with Crippen molar-refractivity contribution in [3.8, 4) is 0 Å². The first kappa shape index (κ1) is 19.4. The molecule has 158 valence electrons. The molecule has 0 atom stereocenters. The summed E-state index contributed by atoms with van der Waals surface area (Å²) in [6, 6.07) is 1.97. The lowest BCUT2D eigenvalue weighted by atomic mass is 10.1. The Balaban J connectivity index is 1.21. The second-order valence-electron chi connectivity index (χ2n) is 7.66. The molecule has 9 nitrogen and oxygen atoms in total. The number of hydrogen-bond acceptors (Lipinski definition) is 8. The van der Waals surface area contributed by atoms with Crippen LogP contribution in [0.5, 0.6) is 0 Å². The van der Waals surface area contributed by atoms with Gasteiger partial charge < -0.3 is 19.7 Å². The van der Waals surface area contributed by atoms with Crippen LogP contribution in [0.2, 0.25) is 0 Å². The molecule has 5 heterocycles. The second kappa shape index (κ2) is 8.65. The highest BCUT2D eigenvalue weighted by atomic mass is 32.2. The quantitative estimate of drug-likeness (QED) is 0.552. The summed E-state index contributed by atoms with van der Waals surface area (Å²) in [7, 11) is 0. The number of rotatable bonds is 7. The number of anilines is 1. The fourth-order valence-electron chi connectivity index (χ4n) is 4.10. The van der Waals surface area contributed by atoms with Gasteiger partial charge in [0, 0.05) is 42.9 Å². The van der Waals surface area contributed by atoms with E-state index in [1.165, 1.54) is 25.9 Å². The number of nitrogens with one attached hydrogen (secondary N) is 2. The van der Waals surface area contributed by atoms with Crippen LogP contribution in [0.3, 0.4) is 0 Å². The molecule has 2 aliphatic rings. The molecule has 1 amide bonds. The first-order valence-electron chi connectivity index (χ1n) is 10.4.